The fraction of sp³-hybridized carbons (Fsp3) is 0.0417. The van der Waals surface area contributed by atoms with Gasteiger partial charge in [0.25, 0.3) is 0 Å². The Morgan fingerprint density at radius 1 is 0.396 bits per heavy atom. The van der Waals surface area contributed by atoms with Crippen molar-refractivity contribution in [2.24, 2.45) is 5.92 Å². The summed E-state index contributed by atoms with van der Waals surface area (Å²) < 4.78 is 0. The molecule has 0 nitrogen and oxygen atoms in total. The van der Waals surface area contributed by atoms with Crippen LogP contribution in [0.25, 0.3) is 77.0 Å². The summed E-state index contributed by atoms with van der Waals surface area (Å²) in [6, 6.07) is 56.0. The summed E-state index contributed by atoms with van der Waals surface area (Å²) in [5.74, 6) is 0.467. The summed E-state index contributed by atoms with van der Waals surface area (Å²) in [7, 11) is 0. The Balaban J connectivity index is 1.21. The fourth-order valence-electron chi connectivity index (χ4n) is 8.52. The summed E-state index contributed by atoms with van der Waals surface area (Å²) >= 11 is 0. The lowest BCUT2D eigenvalue weighted by molar-refractivity contribution is 0.726. The van der Waals surface area contributed by atoms with E-state index in [-0.39, 0.29) is 11.8 Å². The van der Waals surface area contributed by atoms with Crippen LogP contribution in [0.4, 0.5) is 0 Å². The lowest BCUT2D eigenvalue weighted by Gasteiger charge is -2.33. The van der Waals surface area contributed by atoms with E-state index in [1.165, 1.54) is 87.6 Å². The second-order valence-corrected chi connectivity index (χ2v) is 13.2. The monoisotopic (exact) mass is 608 g/mol. The van der Waals surface area contributed by atoms with E-state index in [9.17, 15) is 0 Å². The van der Waals surface area contributed by atoms with Crippen LogP contribution in [0.2, 0.25) is 0 Å². The van der Waals surface area contributed by atoms with E-state index in [2.05, 4.69) is 182 Å². The van der Waals surface area contributed by atoms with Gasteiger partial charge in [-0.3, -0.25) is 0 Å². The standard InChI is InChI=1S/C48H32/c1-2-13-31(14-3-1)35-27-28-45(37-18-7-6-17-36(35)37)48-43-21-10-8-19-41(43)47(42-20-9-11-22-44(42)48)40-24-12-23-38-39(40)26-25-34-29-32-15-4-5-16-33(32)30-46(34)38/h1-30,39-40H. The first kappa shape index (κ1) is 27.2. The van der Waals surface area contributed by atoms with Crippen LogP contribution in [0.1, 0.15) is 22.6 Å². The van der Waals surface area contributed by atoms with E-state index >= 15 is 0 Å². The lowest BCUT2D eigenvalue weighted by atomic mass is 9.70. The summed E-state index contributed by atoms with van der Waals surface area (Å²) in [6.07, 6.45) is 11.9. The van der Waals surface area contributed by atoms with Crippen molar-refractivity contribution in [3.63, 3.8) is 0 Å². The SMILES string of the molecule is C1=CC(c2c3ccccc3c(-c3ccc(-c4ccccc4)c4ccccc34)c3ccccc23)C2C=Cc3cc4ccccc4cc3C2=C1. The molecule has 224 valence electrons. The number of fused-ring (bicyclic) bond motifs is 7. The van der Waals surface area contributed by atoms with Gasteiger partial charge in [0.2, 0.25) is 0 Å². The molecule has 2 aliphatic rings. The van der Waals surface area contributed by atoms with E-state index in [4.69, 9.17) is 0 Å². The molecule has 0 radical (unpaired) electrons. The van der Waals surface area contributed by atoms with Crippen LogP contribution < -0.4 is 0 Å². The molecule has 8 aromatic carbocycles. The molecule has 48 heavy (non-hydrogen) atoms. The molecular formula is C48H32. The van der Waals surface area contributed by atoms with Crippen LogP contribution in [0.5, 0.6) is 0 Å². The molecule has 0 bridgehead atoms. The van der Waals surface area contributed by atoms with Gasteiger partial charge < -0.3 is 0 Å². The first-order valence-electron chi connectivity index (χ1n) is 16.9. The molecule has 0 saturated heterocycles. The van der Waals surface area contributed by atoms with Crippen molar-refractivity contribution in [2.75, 3.05) is 0 Å². The lowest BCUT2D eigenvalue weighted by Crippen LogP contribution is -2.17. The van der Waals surface area contributed by atoms with Crippen molar-refractivity contribution in [3.05, 3.63) is 193 Å². The predicted molar refractivity (Wildman–Crippen MR) is 206 cm³/mol. The number of hydrogen-bond acceptors (Lipinski definition) is 0. The summed E-state index contributed by atoms with van der Waals surface area (Å²) in [6.45, 7) is 0. The molecule has 0 heterocycles. The molecule has 0 aromatic heterocycles. The topological polar surface area (TPSA) is 0 Å². The summed E-state index contributed by atoms with van der Waals surface area (Å²) in [5.41, 5.74) is 10.6. The highest BCUT2D eigenvalue weighted by Gasteiger charge is 2.32. The third-order valence-electron chi connectivity index (χ3n) is 10.6. The average Bonchev–Trinajstić information content (AvgIpc) is 3.16. The van der Waals surface area contributed by atoms with Crippen LogP contribution in [0.15, 0.2) is 176 Å². The third-order valence-corrected chi connectivity index (χ3v) is 10.6. The maximum atomic E-state index is 2.45. The molecule has 2 unspecified atom stereocenters. The molecule has 0 fully saturated rings. The van der Waals surface area contributed by atoms with Crippen molar-refractivity contribution in [1.82, 2.24) is 0 Å². The molecule has 0 N–H and O–H groups in total. The van der Waals surface area contributed by atoms with E-state index in [0.29, 0.717) is 0 Å². The Hall–Kier alpha value is -5.98. The van der Waals surface area contributed by atoms with Crippen LogP contribution in [0, 0.1) is 5.92 Å². The zero-order valence-corrected chi connectivity index (χ0v) is 26.5. The predicted octanol–water partition coefficient (Wildman–Crippen LogP) is 13.0. The highest BCUT2D eigenvalue weighted by molar-refractivity contribution is 6.20. The highest BCUT2D eigenvalue weighted by atomic mass is 14.3. The molecule has 0 spiro atoms. The molecule has 0 amide bonds. The van der Waals surface area contributed by atoms with Gasteiger partial charge in [0.15, 0.2) is 0 Å². The number of allylic oxidation sites excluding steroid dienone is 5. The van der Waals surface area contributed by atoms with Gasteiger partial charge in [0.1, 0.15) is 0 Å². The minimum absolute atomic E-state index is 0.210. The maximum Gasteiger partial charge on any atom is 0.0137 e. The van der Waals surface area contributed by atoms with Gasteiger partial charge in [-0.1, -0.05) is 170 Å². The van der Waals surface area contributed by atoms with Gasteiger partial charge in [-0.25, -0.2) is 0 Å². The van der Waals surface area contributed by atoms with Crippen molar-refractivity contribution >= 4 is 54.7 Å². The minimum atomic E-state index is 0.210. The number of benzene rings is 8. The van der Waals surface area contributed by atoms with Crippen molar-refractivity contribution in [1.29, 1.82) is 0 Å². The maximum absolute atomic E-state index is 2.45. The van der Waals surface area contributed by atoms with Gasteiger partial charge in [-0.15, -0.1) is 0 Å². The Bertz CT molecular complexity index is 2610. The van der Waals surface area contributed by atoms with E-state index in [1.807, 2.05) is 0 Å². The first-order valence-corrected chi connectivity index (χ1v) is 16.9. The second kappa shape index (κ2) is 10.8. The van der Waals surface area contributed by atoms with Gasteiger partial charge in [-0.2, -0.15) is 0 Å². The Kier molecular flexibility index (Phi) is 6.11. The molecular weight excluding hydrogens is 577 g/mol. The Morgan fingerprint density at radius 3 is 1.67 bits per heavy atom. The minimum Gasteiger partial charge on any atom is -0.0760 e. The summed E-state index contributed by atoms with van der Waals surface area (Å²) in [4.78, 5) is 0. The number of hydrogen-bond donors (Lipinski definition) is 0. The molecule has 0 saturated carbocycles. The van der Waals surface area contributed by atoms with Gasteiger partial charge in [-0.05, 0) is 99.7 Å². The average molecular weight is 609 g/mol. The zero-order valence-electron chi connectivity index (χ0n) is 26.5. The quantitative estimate of drug-likeness (QED) is 0.175. The Labute approximate surface area is 280 Å². The van der Waals surface area contributed by atoms with E-state index < -0.39 is 0 Å². The van der Waals surface area contributed by atoms with Gasteiger partial charge in [0.05, 0.1) is 0 Å². The normalized spacial score (nSPS) is 16.7. The van der Waals surface area contributed by atoms with E-state index in [1.54, 1.807) is 0 Å². The molecule has 8 aromatic rings. The third kappa shape index (κ3) is 4.09. The van der Waals surface area contributed by atoms with Crippen LogP contribution in [-0.2, 0) is 0 Å². The second-order valence-electron chi connectivity index (χ2n) is 13.2. The van der Waals surface area contributed by atoms with Crippen LogP contribution >= 0.6 is 0 Å². The highest BCUT2D eigenvalue weighted by Crippen LogP contribution is 2.51. The Morgan fingerprint density at radius 2 is 0.958 bits per heavy atom. The fourth-order valence-corrected chi connectivity index (χ4v) is 8.52. The van der Waals surface area contributed by atoms with Gasteiger partial charge in [0, 0.05) is 11.8 Å². The van der Waals surface area contributed by atoms with E-state index in [0.717, 1.165) is 0 Å². The van der Waals surface area contributed by atoms with Gasteiger partial charge >= 0.3 is 0 Å². The largest absolute Gasteiger partial charge is 0.0760 e. The zero-order chi connectivity index (χ0) is 31.6. The molecule has 10 rings (SSSR count). The number of rotatable bonds is 3. The smallest absolute Gasteiger partial charge is 0.0137 e. The first-order chi connectivity index (χ1) is 23.8. The van der Waals surface area contributed by atoms with Crippen molar-refractivity contribution < 1.29 is 0 Å². The molecule has 0 aliphatic heterocycles. The van der Waals surface area contributed by atoms with Crippen molar-refractivity contribution in [3.8, 4) is 22.3 Å². The molecule has 2 atom stereocenters. The molecule has 2 aliphatic carbocycles. The van der Waals surface area contributed by atoms with Crippen LogP contribution in [-0.4, -0.2) is 0 Å². The molecule has 0 heteroatoms. The summed E-state index contributed by atoms with van der Waals surface area (Å²) in [5, 5.41) is 10.4. The van der Waals surface area contributed by atoms with Crippen molar-refractivity contribution in [2.45, 2.75) is 5.92 Å². The van der Waals surface area contributed by atoms with Crippen LogP contribution in [0.3, 0.4) is 0 Å².